The summed E-state index contributed by atoms with van der Waals surface area (Å²) in [6, 6.07) is 27.6. The second kappa shape index (κ2) is 14.7. The minimum Gasteiger partial charge on any atom is -0.352 e. The van der Waals surface area contributed by atoms with Crippen LogP contribution in [0.1, 0.15) is 47.9 Å². The second-order valence-corrected chi connectivity index (χ2v) is 13.7. The third-order valence-corrected chi connectivity index (χ3v) is 10.5. The van der Waals surface area contributed by atoms with Crippen molar-refractivity contribution in [1.29, 1.82) is 0 Å². The third-order valence-electron chi connectivity index (χ3n) is 8.69. The van der Waals surface area contributed by atoms with Gasteiger partial charge in [-0.05, 0) is 79.3 Å². The van der Waals surface area contributed by atoms with Gasteiger partial charge < -0.3 is 10.2 Å². The van der Waals surface area contributed by atoms with Gasteiger partial charge in [-0.2, -0.15) is 0 Å². The summed E-state index contributed by atoms with van der Waals surface area (Å²) in [6.07, 6.45) is 4.00. The van der Waals surface area contributed by atoms with Crippen LogP contribution in [0.3, 0.4) is 0 Å². The highest BCUT2D eigenvalue weighted by Gasteiger charge is 2.36. The Morgan fingerprint density at radius 1 is 0.826 bits per heavy atom. The van der Waals surface area contributed by atoms with Gasteiger partial charge in [0.05, 0.1) is 10.6 Å². The topological polar surface area (TPSA) is 86.8 Å². The van der Waals surface area contributed by atoms with Crippen LogP contribution in [0.25, 0.3) is 0 Å². The Labute approximate surface area is 271 Å². The van der Waals surface area contributed by atoms with E-state index in [1.54, 1.807) is 42.5 Å². The molecule has 0 unspecified atom stereocenters. The van der Waals surface area contributed by atoms with Crippen LogP contribution < -0.4 is 9.62 Å². The highest BCUT2D eigenvalue weighted by Crippen LogP contribution is 2.29. The van der Waals surface area contributed by atoms with Gasteiger partial charge in [-0.15, -0.1) is 0 Å². The van der Waals surface area contributed by atoms with Gasteiger partial charge in [0.25, 0.3) is 10.0 Å². The van der Waals surface area contributed by atoms with Crippen molar-refractivity contribution in [2.24, 2.45) is 0 Å². The standard InChI is InChI=1S/C37H40FN3O4S/c1-27-12-11-19-34(28(27)2)41(46(44,45)33-17-7-4-8-18-33)26-36(42)40(25-30-20-22-31(38)23-21-30)35(24-29-13-5-3-6-14-29)37(43)39-32-15-9-10-16-32/h3-8,11-14,17-23,32,35H,9-10,15-16,24-26H2,1-2H3,(H,39,43)/t35-/m0/s1. The van der Waals surface area contributed by atoms with Crippen LogP contribution in [0, 0.1) is 19.7 Å². The van der Waals surface area contributed by atoms with Gasteiger partial charge in [0.2, 0.25) is 11.8 Å². The zero-order valence-corrected chi connectivity index (χ0v) is 27.0. The lowest BCUT2D eigenvalue weighted by molar-refractivity contribution is -0.140. The molecule has 7 nitrogen and oxygen atoms in total. The number of amides is 2. The number of anilines is 1. The summed E-state index contributed by atoms with van der Waals surface area (Å²) in [7, 11) is -4.19. The molecule has 1 aliphatic carbocycles. The maximum atomic E-state index is 14.6. The first-order valence-electron chi connectivity index (χ1n) is 15.7. The Morgan fingerprint density at radius 2 is 1.46 bits per heavy atom. The summed E-state index contributed by atoms with van der Waals surface area (Å²) in [4.78, 5) is 30.2. The van der Waals surface area contributed by atoms with Crippen LogP contribution in [0.4, 0.5) is 10.1 Å². The average molecular weight is 642 g/mol. The molecule has 0 radical (unpaired) electrons. The van der Waals surface area contributed by atoms with Crippen molar-refractivity contribution in [3.05, 3.63) is 131 Å². The summed E-state index contributed by atoms with van der Waals surface area (Å²) in [5, 5.41) is 3.16. The van der Waals surface area contributed by atoms with Crippen LogP contribution in [-0.2, 0) is 32.6 Å². The molecule has 1 fully saturated rings. The SMILES string of the molecule is Cc1cccc(N(CC(=O)N(Cc2ccc(F)cc2)[C@@H](Cc2ccccc2)C(=O)NC2CCCC2)S(=O)(=O)c2ccccc2)c1C. The Bertz CT molecular complexity index is 1740. The summed E-state index contributed by atoms with van der Waals surface area (Å²) >= 11 is 0. The van der Waals surface area contributed by atoms with Crippen molar-refractivity contribution >= 4 is 27.5 Å². The minimum atomic E-state index is -4.19. The van der Waals surface area contributed by atoms with E-state index < -0.39 is 34.3 Å². The number of carbonyl (C=O) groups excluding carboxylic acids is 2. The average Bonchev–Trinajstić information content (AvgIpc) is 3.57. The van der Waals surface area contributed by atoms with E-state index >= 15 is 0 Å². The van der Waals surface area contributed by atoms with Crippen LogP contribution in [-0.4, -0.2) is 43.8 Å². The van der Waals surface area contributed by atoms with Gasteiger partial charge in [0.1, 0.15) is 18.4 Å². The lowest BCUT2D eigenvalue weighted by Crippen LogP contribution is -2.54. The molecular weight excluding hydrogens is 601 g/mol. The normalized spacial score (nSPS) is 14.1. The van der Waals surface area contributed by atoms with Crippen molar-refractivity contribution in [2.45, 2.75) is 69.5 Å². The Kier molecular flexibility index (Phi) is 10.5. The molecule has 0 aromatic heterocycles. The first-order valence-corrected chi connectivity index (χ1v) is 17.1. The zero-order chi connectivity index (χ0) is 32.7. The van der Waals surface area contributed by atoms with E-state index in [1.807, 2.05) is 50.2 Å². The molecule has 1 N–H and O–H groups in total. The molecule has 1 saturated carbocycles. The van der Waals surface area contributed by atoms with Gasteiger partial charge in [0, 0.05) is 19.0 Å². The van der Waals surface area contributed by atoms with Crippen molar-refractivity contribution in [3.63, 3.8) is 0 Å². The number of hydrogen-bond acceptors (Lipinski definition) is 4. The fourth-order valence-electron chi connectivity index (χ4n) is 5.95. The third kappa shape index (κ3) is 7.83. The van der Waals surface area contributed by atoms with Gasteiger partial charge in [0.15, 0.2) is 0 Å². The summed E-state index contributed by atoms with van der Waals surface area (Å²) in [5.41, 5.74) is 3.45. The molecule has 0 aliphatic heterocycles. The number of hydrogen-bond donors (Lipinski definition) is 1. The van der Waals surface area contributed by atoms with Crippen molar-refractivity contribution in [2.75, 3.05) is 10.8 Å². The maximum Gasteiger partial charge on any atom is 0.264 e. The van der Waals surface area contributed by atoms with E-state index in [0.29, 0.717) is 11.3 Å². The summed E-state index contributed by atoms with van der Waals surface area (Å²) < 4.78 is 43.4. The highest BCUT2D eigenvalue weighted by atomic mass is 32.2. The van der Waals surface area contributed by atoms with Gasteiger partial charge in [-0.25, -0.2) is 12.8 Å². The van der Waals surface area contributed by atoms with Crippen molar-refractivity contribution < 1.29 is 22.4 Å². The van der Waals surface area contributed by atoms with Crippen LogP contribution in [0.2, 0.25) is 0 Å². The lowest BCUT2D eigenvalue weighted by atomic mass is 10.0. The molecule has 4 aromatic carbocycles. The van der Waals surface area contributed by atoms with Crippen molar-refractivity contribution in [1.82, 2.24) is 10.2 Å². The van der Waals surface area contributed by atoms with E-state index in [9.17, 15) is 22.4 Å². The Morgan fingerprint density at radius 3 is 2.11 bits per heavy atom. The number of sulfonamides is 1. The van der Waals surface area contributed by atoms with E-state index in [4.69, 9.17) is 0 Å². The largest absolute Gasteiger partial charge is 0.352 e. The number of rotatable bonds is 12. The molecule has 0 spiro atoms. The number of carbonyl (C=O) groups is 2. The summed E-state index contributed by atoms with van der Waals surface area (Å²) in [5.74, 6) is -1.26. The number of nitrogens with zero attached hydrogens (tertiary/aromatic N) is 2. The van der Waals surface area contributed by atoms with E-state index in [2.05, 4.69) is 5.32 Å². The van der Waals surface area contributed by atoms with Crippen LogP contribution in [0.5, 0.6) is 0 Å². The predicted molar refractivity (Wildman–Crippen MR) is 178 cm³/mol. The lowest BCUT2D eigenvalue weighted by Gasteiger charge is -2.34. The first kappa shape index (κ1) is 32.9. The predicted octanol–water partition coefficient (Wildman–Crippen LogP) is 6.34. The molecule has 1 aliphatic rings. The number of benzene rings is 4. The molecule has 2 amide bonds. The van der Waals surface area contributed by atoms with Crippen LogP contribution >= 0.6 is 0 Å². The fourth-order valence-corrected chi connectivity index (χ4v) is 7.44. The number of nitrogens with one attached hydrogen (secondary N) is 1. The van der Waals surface area contributed by atoms with E-state index in [1.165, 1.54) is 29.2 Å². The Balaban J connectivity index is 1.58. The molecule has 46 heavy (non-hydrogen) atoms. The maximum absolute atomic E-state index is 14.6. The molecule has 5 rings (SSSR count). The Hall–Kier alpha value is -4.50. The highest BCUT2D eigenvalue weighted by molar-refractivity contribution is 7.92. The first-order chi connectivity index (χ1) is 22.1. The molecule has 1 atom stereocenters. The summed E-state index contributed by atoms with van der Waals surface area (Å²) in [6.45, 7) is 3.16. The van der Waals surface area contributed by atoms with Crippen LogP contribution in [0.15, 0.2) is 108 Å². The second-order valence-electron chi connectivity index (χ2n) is 11.9. The number of halogens is 1. The van der Waals surface area contributed by atoms with Gasteiger partial charge in [-0.3, -0.25) is 13.9 Å². The molecular formula is C37H40FN3O4S. The molecule has 0 bridgehead atoms. The zero-order valence-electron chi connectivity index (χ0n) is 26.2. The van der Waals surface area contributed by atoms with Gasteiger partial charge >= 0.3 is 0 Å². The fraction of sp³-hybridized carbons (Fsp3) is 0.297. The van der Waals surface area contributed by atoms with E-state index in [0.717, 1.165) is 46.7 Å². The monoisotopic (exact) mass is 641 g/mol. The van der Waals surface area contributed by atoms with Crippen molar-refractivity contribution in [3.8, 4) is 0 Å². The van der Waals surface area contributed by atoms with Gasteiger partial charge in [-0.1, -0.05) is 85.6 Å². The number of aryl methyl sites for hydroxylation is 1. The molecule has 0 heterocycles. The smallest absolute Gasteiger partial charge is 0.264 e. The molecule has 9 heteroatoms. The minimum absolute atomic E-state index is 0.0125. The quantitative estimate of drug-likeness (QED) is 0.196. The van der Waals surface area contributed by atoms with E-state index in [-0.39, 0.29) is 29.8 Å². The molecule has 240 valence electrons. The molecule has 0 saturated heterocycles. The molecule has 4 aromatic rings.